The zero-order valence-electron chi connectivity index (χ0n) is 23.8. The highest BCUT2D eigenvalue weighted by atomic mass is 35.5. The average Bonchev–Trinajstić information content (AvgIpc) is 3.02. The number of nitrogens with two attached hydrogens (primary N) is 1. The van der Waals surface area contributed by atoms with Crippen LogP contribution in [0.2, 0.25) is 5.02 Å². The Labute approximate surface area is 259 Å². The molecule has 10 heteroatoms. The van der Waals surface area contributed by atoms with Gasteiger partial charge in [0.1, 0.15) is 5.75 Å². The lowest BCUT2D eigenvalue weighted by atomic mass is 9.87. The van der Waals surface area contributed by atoms with Crippen molar-refractivity contribution in [2.75, 3.05) is 7.11 Å². The molecule has 44 heavy (non-hydrogen) atoms. The lowest BCUT2D eigenvalue weighted by Crippen LogP contribution is -2.29. The zero-order chi connectivity index (χ0) is 32.7. The van der Waals surface area contributed by atoms with E-state index < -0.39 is 18.8 Å². The number of hydrogen-bond acceptors (Lipinski definition) is 5. The summed E-state index contributed by atoms with van der Waals surface area (Å²) in [5, 5.41) is 0.493. The standard InChI is InChI=1S/C22H18ClF4N.C10H11NO3.C2H2/c23-18-9-10-20(28-14-18)19(12-15-5-2-1-3-6-15)17-8-4-7-16(11-17)13-22(26,27)21(24)25;1-7(11)14-9-5-3-8(4-6-9)10(12)13-2;1-2/h1-11,14,19,21H,12-13H2;3-6H,1,11H2,2H3;1-2H. The van der Waals surface area contributed by atoms with E-state index in [1.54, 1.807) is 54.6 Å². The van der Waals surface area contributed by atoms with Gasteiger partial charge in [-0.15, -0.1) is 12.8 Å². The molecule has 0 radical (unpaired) electrons. The van der Waals surface area contributed by atoms with E-state index in [0.29, 0.717) is 22.8 Å². The van der Waals surface area contributed by atoms with Gasteiger partial charge < -0.3 is 15.2 Å². The van der Waals surface area contributed by atoms with E-state index in [0.717, 1.165) is 16.8 Å². The predicted octanol–water partition coefficient (Wildman–Crippen LogP) is 8.08. The molecule has 5 nitrogen and oxygen atoms in total. The fourth-order valence-corrected chi connectivity index (χ4v) is 4.15. The summed E-state index contributed by atoms with van der Waals surface area (Å²) < 4.78 is 61.7. The molecule has 0 bridgehead atoms. The molecule has 0 aliphatic heterocycles. The Hall–Kier alpha value is -4.81. The Morgan fingerprint density at radius 2 is 1.61 bits per heavy atom. The average molecular weight is 627 g/mol. The van der Waals surface area contributed by atoms with Crippen molar-refractivity contribution in [3.8, 4) is 18.6 Å². The van der Waals surface area contributed by atoms with E-state index in [-0.39, 0.29) is 23.3 Å². The van der Waals surface area contributed by atoms with Crippen LogP contribution in [0.3, 0.4) is 0 Å². The number of pyridine rings is 1. The van der Waals surface area contributed by atoms with E-state index in [1.807, 2.05) is 30.3 Å². The van der Waals surface area contributed by atoms with E-state index in [2.05, 4.69) is 29.1 Å². The molecule has 1 aromatic heterocycles. The fraction of sp³-hybridized carbons (Fsp3) is 0.176. The molecule has 1 unspecified atom stereocenters. The smallest absolute Gasteiger partial charge is 0.337 e. The number of esters is 1. The molecule has 1 atom stereocenters. The topological polar surface area (TPSA) is 74.4 Å². The monoisotopic (exact) mass is 626 g/mol. The number of rotatable bonds is 10. The lowest BCUT2D eigenvalue weighted by molar-refractivity contribution is -0.127. The number of alkyl halides is 4. The van der Waals surface area contributed by atoms with Gasteiger partial charge in [-0.05, 0) is 66.1 Å². The number of carbonyl (C=O) groups is 1. The first-order valence-corrected chi connectivity index (χ1v) is 13.4. The second-order valence-corrected chi connectivity index (χ2v) is 9.65. The molecule has 3 aromatic carbocycles. The molecule has 0 saturated heterocycles. The van der Waals surface area contributed by atoms with E-state index >= 15 is 0 Å². The first-order chi connectivity index (χ1) is 21.0. The van der Waals surface area contributed by atoms with Crippen molar-refractivity contribution >= 4 is 17.6 Å². The molecule has 2 N–H and O–H groups in total. The molecule has 0 aliphatic rings. The van der Waals surface area contributed by atoms with Crippen LogP contribution in [0.1, 0.15) is 38.7 Å². The minimum absolute atomic E-state index is 0.107. The summed E-state index contributed by atoms with van der Waals surface area (Å²) in [6.07, 6.45) is 5.41. The van der Waals surface area contributed by atoms with Crippen molar-refractivity contribution in [3.63, 3.8) is 0 Å². The van der Waals surface area contributed by atoms with Gasteiger partial charge in [-0.3, -0.25) is 4.98 Å². The number of nitrogens with zero attached hydrogens (tertiary/aromatic N) is 1. The van der Waals surface area contributed by atoms with Crippen LogP contribution in [0.25, 0.3) is 0 Å². The van der Waals surface area contributed by atoms with Gasteiger partial charge in [0.2, 0.25) is 0 Å². The van der Waals surface area contributed by atoms with Gasteiger partial charge >= 0.3 is 18.3 Å². The molecule has 1 heterocycles. The minimum Gasteiger partial charge on any atom is -0.465 e. The fourth-order valence-electron chi connectivity index (χ4n) is 4.03. The SMILES string of the molecule is C#C.C=C(N)Oc1ccc(C(=O)OC)cc1.FC(F)C(F)(F)Cc1cccc(C(Cc2ccccc2)c2ccc(Cl)cn2)c1. The number of carbonyl (C=O) groups excluding carboxylic acids is 1. The maximum atomic E-state index is 13.5. The lowest BCUT2D eigenvalue weighted by Gasteiger charge is -2.20. The number of methoxy groups -OCH3 is 1. The van der Waals surface area contributed by atoms with Crippen molar-refractivity contribution in [2.24, 2.45) is 5.73 Å². The number of benzene rings is 3. The molecular weight excluding hydrogens is 596 g/mol. The third-order valence-electron chi connectivity index (χ3n) is 6.03. The molecule has 4 rings (SSSR count). The number of terminal acetylenes is 1. The summed E-state index contributed by atoms with van der Waals surface area (Å²) in [6, 6.07) is 26.0. The van der Waals surface area contributed by atoms with Crippen molar-refractivity contribution in [2.45, 2.75) is 31.1 Å². The molecule has 0 amide bonds. The van der Waals surface area contributed by atoms with Crippen molar-refractivity contribution in [3.05, 3.63) is 143 Å². The van der Waals surface area contributed by atoms with Gasteiger partial charge in [-0.2, -0.15) is 8.78 Å². The van der Waals surface area contributed by atoms with E-state index in [9.17, 15) is 22.4 Å². The first kappa shape index (κ1) is 35.4. The number of halogens is 5. The second-order valence-electron chi connectivity index (χ2n) is 9.21. The molecule has 230 valence electrons. The molecule has 0 saturated carbocycles. The molecule has 0 aliphatic carbocycles. The highest BCUT2D eigenvalue weighted by molar-refractivity contribution is 6.30. The molecule has 0 spiro atoms. The highest BCUT2D eigenvalue weighted by Gasteiger charge is 2.40. The van der Waals surface area contributed by atoms with Crippen LogP contribution < -0.4 is 10.5 Å². The van der Waals surface area contributed by atoms with Gasteiger partial charge in [0.15, 0.2) is 5.88 Å². The molecule has 4 aromatic rings. The Kier molecular flexibility index (Phi) is 13.9. The quantitative estimate of drug-likeness (QED) is 0.0834. The Morgan fingerprint density at radius 3 is 2.16 bits per heavy atom. The number of hydrogen-bond donors (Lipinski definition) is 1. The maximum absolute atomic E-state index is 13.5. The van der Waals surface area contributed by atoms with Gasteiger partial charge in [0, 0.05) is 24.2 Å². The highest BCUT2D eigenvalue weighted by Crippen LogP contribution is 2.32. The largest absolute Gasteiger partial charge is 0.465 e. The van der Waals surface area contributed by atoms with E-state index in [4.69, 9.17) is 22.1 Å². The summed E-state index contributed by atoms with van der Waals surface area (Å²) in [4.78, 5) is 15.4. The van der Waals surface area contributed by atoms with Crippen molar-refractivity contribution < 1.29 is 31.8 Å². The minimum atomic E-state index is -4.06. The van der Waals surface area contributed by atoms with Gasteiger partial charge in [-0.25, -0.2) is 13.6 Å². The summed E-state index contributed by atoms with van der Waals surface area (Å²) in [7, 11) is 1.33. The zero-order valence-corrected chi connectivity index (χ0v) is 24.6. The first-order valence-electron chi connectivity index (χ1n) is 13.0. The normalized spacial score (nSPS) is 11.2. The van der Waals surface area contributed by atoms with Crippen LogP contribution in [0.4, 0.5) is 17.6 Å². The summed E-state index contributed by atoms with van der Waals surface area (Å²) in [5.74, 6) is -4.03. The van der Waals surface area contributed by atoms with Crippen LogP contribution in [0, 0.1) is 12.8 Å². The van der Waals surface area contributed by atoms with Crippen LogP contribution in [-0.4, -0.2) is 30.4 Å². The Bertz CT molecular complexity index is 1500. The van der Waals surface area contributed by atoms with Gasteiger partial charge in [0.25, 0.3) is 0 Å². The summed E-state index contributed by atoms with van der Waals surface area (Å²) in [5.41, 5.74) is 8.38. The van der Waals surface area contributed by atoms with Gasteiger partial charge in [-0.1, -0.05) is 66.2 Å². The van der Waals surface area contributed by atoms with Crippen molar-refractivity contribution in [1.82, 2.24) is 4.98 Å². The molecule has 0 fully saturated rings. The van der Waals surface area contributed by atoms with Crippen LogP contribution in [0.5, 0.6) is 5.75 Å². The Morgan fingerprint density at radius 1 is 0.977 bits per heavy atom. The Balaban J connectivity index is 0.000000355. The van der Waals surface area contributed by atoms with E-state index in [1.165, 1.54) is 19.4 Å². The van der Waals surface area contributed by atoms with Gasteiger partial charge in [0.05, 0.1) is 17.7 Å². The number of aromatic nitrogens is 1. The maximum Gasteiger partial charge on any atom is 0.337 e. The van der Waals surface area contributed by atoms with Crippen LogP contribution in [0.15, 0.2) is 110 Å². The molecular formula is C34H31ClF4N2O3. The summed E-state index contributed by atoms with van der Waals surface area (Å²) in [6.45, 7) is 3.39. The summed E-state index contributed by atoms with van der Waals surface area (Å²) >= 11 is 5.93. The third-order valence-corrected chi connectivity index (χ3v) is 6.25. The third kappa shape index (κ3) is 11.1. The van der Waals surface area contributed by atoms with Crippen LogP contribution >= 0.6 is 11.6 Å². The van der Waals surface area contributed by atoms with Crippen LogP contribution in [-0.2, 0) is 17.6 Å². The number of ether oxygens (including phenoxy) is 2. The second kappa shape index (κ2) is 17.3. The predicted molar refractivity (Wildman–Crippen MR) is 164 cm³/mol. The van der Waals surface area contributed by atoms with Crippen molar-refractivity contribution in [1.29, 1.82) is 0 Å².